The fraction of sp³-hybridized carbons (Fsp3) is 0.462. The first-order chi connectivity index (χ1) is 7.84. The molecule has 0 aliphatic carbocycles. The van der Waals surface area contributed by atoms with Crippen LogP contribution in [0.2, 0.25) is 0 Å². The van der Waals surface area contributed by atoms with Gasteiger partial charge in [0, 0.05) is 12.6 Å². The van der Waals surface area contributed by atoms with Gasteiger partial charge in [-0.2, -0.15) is 4.98 Å². The van der Waals surface area contributed by atoms with Crippen LogP contribution >= 0.6 is 0 Å². The van der Waals surface area contributed by atoms with Crippen LogP contribution in [0.4, 0.5) is 6.01 Å². The highest BCUT2D eigenvalue weighted by molar-refractivity contribution is 5.74. The lowest BCUT2D eigenvalue weighted by Crippen LogP contribution is -2.37. The van der Waals surface area contributed by atoms with Gasteiger partial charge in [-0.05, 0) is 38.3 Å². The lowest BCUT2D eigenvalue weighted by atomic mass is 10.0. The fourth-order valence-electron chi connectivity index (χ4n) is 2.37. The fourth-order valence-corrected chi connectivity index (χ4v) is 2.37. The normalized spacial score (nSPS) is 21.6. The minimum atomic E-state index is 0.543. The quantitative estimate of drug-likeness (QED) is 0.733. The number of oxazole rings is 1. The highest BCUT2D eigenvalue weighted by atomic mass is 16.4. The first-order valence-corrected chi connectivity index (χ1v) is 5.97. The minimum absolute atomic E-state index is 0.543. The van der Waals surface area contributed by atoms with Gasteiger partial charge >= 0.3 is 0 Å². The molecule has 0 radical (unpaired) electrons. The second-order valence-corrected chi connectivity index (χ2v) is 4.50. The first kappa shape index (κ1) is 9.70. The highest BCUT2D eigenvalue weighted by Crippen LogP contribution is 2.27. The maximum Gasteiger partial charge on any atom is 0.298 e. The van der Waals surface area contributed by atoms with Gasteiger partial charge in [0.25, 0.3) is 6.01 Å². The number of para-hydroxylation sites is 2. The SMILES string of the molecule is C[C@H]1CCCCN1c1nc2ccccc2o1. The zero-order valence-corrected chi connectivity index (χ0v) is 9.52. The van der Waals surface area contributed by atoms with Crippen molar-refractivity contribution >= 4 is 17.1 Å². The van der Waals surface area contributed by atoms with Crippen LogP contribution in [0.25, 0.3) is 11.1 Å². The molecule has 1 saturated heterocycles. The van der Waals surface area contributed by atoms with Crippen molar-refractivity contribution in [1.29, 1.82) is 0 Å². The third kappa shape index (κ3) is 1.56. The van der Waals surface area contributed by atoms with Crippen LogP contribution in [-0.4, -0.2) is 17.6 Å². The average Bonchev–Trinajstić information content (AvgIpc) is 2.73. The third-order valence-electron chi connectivity index (χ3n) is 3.33. The Kier molecular flexibility index (Phi) is 2.31. The molecule has 0 unspecified atom stereocenters. The van der Waals surface area contributed by atoms with E-state index in [1.165, 1.54) is 19.3 Å². The van der Waals surface area contributed by atoms with Crippen LogP contribution in [0.5, 0.6) is 0 Å². The van der Waals surface area contributed by atoms with Crippen LogP contribution in [0.3, 0.4) is 0 Å². The molecule has 1 atom stereocenters. The summed E-state index contributed by atoms with van der Waals surface area (Å²) >= 11 is 0. The molecule has 2 aromatic rings. The summed E-state index contributed by atoms with van der Waals surface area (Å²) in [5, 5.41) is 0. The van der Waals surface area contributed by atoms with Gasteiger partial charge < -0.3 is 9.32 Å². The van der Waals surface area contributed by atoms with E-state index in [4.69, 9.17) is 4.42 Å². The zero-order chi connectivity index (χ0) is 11.0. The third-order valence-corrected chi connectivity index (χ3v) is 3.33. The van der Waals surface area contributed by atoms with Gasteiger partial charge in [0.2, 0.25) is 0 Å². The van der Waals surface area contributed by atoms with E-state index in [-0.39, 0.29) is 0 Å². The number of nitrogens with zero attached hydrogens (tertiary/aromatic N) is 2. The lowest BCUT2D eigenvalue weighted by Gasteiger charge is -2.31. The van der Waals surface area contributed by atoms with Crippen molar-refractivity contribution < 1.29 is 4.42 Å². The summed E-state index contributed by atoms with van der Waals surface area (Å²) in [4.78, 5) is 6.83. The van der Waals surface area contributed by atoms with Gasteiger partial charge in [-0.15, -0.1) is 0 Å². The molecule has 1 fully saturated rings. The molecule has 3 rings (SSSR count). The van der Waals surface area contributed by atoms with Gasteiger partial charge in [0.15, 0.2) is 5.58 Å². The van der Waals surface area contributed by atoms with Crippen LogP contribution in [0.15, 0.2) is 28.7 Å². The molecule has 1 aliphatic heterocycles. The summed E-state index contributed by atoms with van der Waals surface area (Å²) < 4.78 is 5.79. The number of benzene rings is 1. The van der Waals surface area contributed by atoms with Crippen molar-refractivity contribution in [2.75, 3.05) is 11.4 Å². The number of rotatable bonds is 1. The van der Waals surface area contributed by atoms with Crippen LogP contribution < -0.4 is 4.90 Å². The number of piperidine rings is 1. The highest BCUT2D eigenvalue weighted by Gasteiger charge is 2.22. The van der Waals surface area contributed by atoms with Crippen LogP contribution in [0.1, 0.15) is 26.2 Å². The predicted octanol–water partition coefficient (Wildman–Crippen LogP) is 3.21. The van der Waals surface area contributed by atoms with E-state index in [0.717, 1.165) is 23.7 Å². The van der Waals surface area contributed by atoms with Crippen LogP contribution in [-0.2, 0) is 0 Å². The molecule has 0 amide bonds. The second-order valence-electron chi connectivity index (χ2n) is 4.50. The Bertz CT molecular complexity index is 458. The van der Waals surface area contributed by atoms with Crippen molar-refractivity contribution in [3.8, 4) is 0 Å². The summed E-state index contributed by atoms with van der Waals surface area (Å²) in [5.74, 6) is 0. The van der Waals surface area contributed by atoms with Crippen molar-refractivity contribution in [2.24, 2.45) is 0 Å². The molecule has 0 bridgehead atoms. The summed E-state index contributed by atoms with van der Waals surface area (Å²) in [6, 6.07) is 9.28. The van der Waals surface area contributed by atoms with Gasteiger partial charge in [-0.1, -0.05) is 12.1 Å². The van der Waals surface area contributed by atoms with E-state index in [1.807, 2.05) is 24.3 Å². The van der Waals surface area contributed by atoms with E-state index in [1.54, 1.807) is 0 Å². The van der Waals surface area contributed by atoms with E-state index in [2.05, 4.69) is 16.8 Å². The lowest BCUT2D eigenvalue weighted by molar-refractivity contribution is 0.443. The molecular formula is C13H16N2O. The molecule has 16 heavy (non-hydrogen) atoms. The number of hydrogen-bond donors (Lipinski definition) is 0. The van der Waals surface area contributed by atoms with Crippen molar-refractivity contribution in [1.82, 2.24) is 4.98 Å². The molecule has 0 spiro atoms. The number of hydrogen-bond acceptors (Lipinski definition) is 3. The Morgan fingerprint density at radius 2 is 2.19 bits per heavy atom. The van der Waals surface area contributed by atoms with Gasteiger partial charge in [0.05, 0.1) is 0 Å². The maximum atomic E-state index is 5.79. The molecule has 1 aromatic carbocycles. The molecule has 0 N–H and O–H groups in total. The molecule has 1 aliphatic rings. The Morgan fingerprint density at radius 3 is 3.00 bits per heavy atom. The number of anilines is 1. The molecule has 3 heteroatoms. The molecule has 3 nitrogen and oxygen atoms in total. The number of aromatic nitrogens is 1. The number of fused-ring (bicyclic) bond motifs is 1. The first-order valence-electron chi connectivity index (χ1n) is 5.97. The van der Waals surface area contributed by atoms with Crippen LogP contribution in [0, 0.1) is 0 Å². The summed E-state index contributed by atoms with van der Waals surface area (Å²) in [6.45, 7) is 3.31. The molecular weight excluding hydrogens is 200 g/mol. The summed E-state index contributed by atoms with van der Waals surface area (Å²) in [7, 11) is 0. The predicted molar refractivity (Wildman–Crippen MR) is 64.7 cm³/mol. The van der Waals surface area contributed by atoms with E-state index < -0.39 is 0 Å². The minimum Gasteiger partial charge on any atom is -0.423 e. The Hall–Kier alpha value is -1.51. The van der Waals surface area contributed by atoms with E-state index in [0.29, 0.717) is 6.04 Å². The monoisotopic (exact) mass is 216 g/mol. The summed E-state index contributed by atoms with van der Waals surface area (Å²) in [5.41, 5.74) is 1.84. The van der Waals surface area contributed by atoms with Crippen molar-refractivity contribution in [2.45, 2.75) is 32.2 Å². The largest absolute Gasteiger partial charge is 0.423 e. The Labute approximate surface area is 95.1 Å². The molecule has 84 valence electrons. The van der Waals surface area contributed by atoms with Gasteiger partial charge in [0.1, 0.15) is 5.52 Å². The second kappa shape index (κ2) is 3.81. The van der Waals surface area contributed by atoms with Gasteiger partial charge in [-0.3, -0.25) is 0 Å². The zero-order valence-electron chi connectivity index (χ0n) is 9.52. The topological polar surface area (TPSA) is 29.3 Å². The van der Waals surface area contributed by atoms with Crippen molar-refractivity contribution in [3.05, 3.63) is 24.3 Å². The molecule has 2 heterocycles. The smallest absolute Gasteiger partial charge is 0.298 e. The van der Waals surface area contributed by atoms with Crippen molar-refractivity contribution in [3.63, 3.8) is 0 Å². The van der Waals surface area contributed by atoms with Gasteiger partial charge in [-0.25, -0.2) is 0 Å². The summed E-state index contributed by atoms with van der Waals surface area (Å²) in [6.07, 6.45) is 3.79. The molecule has 0 saturated carbocycles. The standard InChI is InChI=1S/C13H16N2O/c1-10-6-4-5-9-15(10)13-14-11-7-2-3-8-12(11)16-13/h2-3,7-8,10H,4-6,9H2,1H3/t10-/m0/s1. The average molecular weight is 216 g/mol. The van der Waals surface area contributed by atoms with E-state index >= 15 is 0 Å². The Balaban J connectivity index is 1.98. The maximum absolute atomic E-state index is 5.79. The molecule has 1 aromatic heterocycles. The Morgan fingerprint density at radius 1 is 1.31 bits per heavy atom. The van der Waals surface area contributed by atoms with E-state index in [9.17, 15) is 0 Å².